The Kier molecular flexibility index (Phi) is 5.87. The molecule has 0 aliphatic rings. The minimum absolute atomic E-state index is 0.0820. The number of ether oxygens (including phenoxy) is 1. The van der Waals surface area contributed by atoms with E-state index in [2.05, 4.69) is 5.16 Å². The Morgan fingerprint density at radius 3 is 2.84 bits per heavy atom. The van der Waals surface area contributed by atoms with Gasteiger partial charge in [-0.3, -0.25) is 4.79 Å². The number of hydrogen-bond acceptors (Lipinski definition) is 5. The van der Waals surface area contributed by atoms with Crippen LogP contribution in [0.25, 0.3) is 0 Å². The van der Waals surface area contributed by atoms with Crippen molar-refractivity contribution in [3.8, 4) is 0 Å². The first kappa shape index (κ1) is 15.0. The van der Waals surface area contributed by atoms with Crippen molar-refractivity contribution in [1.82, 2.24) is 4.90 Å². The molecule has 0 radical (unpaired) electrons. The van der Waals surface area contributed by atoms with Gasteiger partial charge in [0, 0.05) is 26.6 Å². The molecule has 1 amide bonds. The molecule has 1 heterocycles. The van der Waals surface area contributed by atoms with E-state index in [0.717, 1.165) is 0 Å². The Morgan fingerprint density at radius 2 is 2.32 bits per heavy atom. The van der Waals surface area contributed by atoms with Gasteiger partial charge in [-0.1, -0.05) is 5.16 Å². The van der Waals surface area contributed by atoms with Gasteiger partial charge in [0.2, 0.25) is 0 Å². The first-order valence-corrected chi connectivity index (χ1v) is 5.88. The van der Waals surface area contributed by atoms with Crippen LogP contribution in [0.5, 0.6) is 0 Å². The van der Waals surface area contributed by atoms with E-state index in [0.29, 0.717) is 37.4 Å². The molecule has 0 spiro atoms. The Morgan fingerprint density at radius 1 is 1.58 bits per heavy atom. The highest BCUT2D eigenvalue weighted by Gasteiger charge is 2.17. The Labute approximate surface area is 111 Å². The van der Waals surface area contributed by atoms with Crippen LogP contribution in [0, 0.1) is 6.92 Å². The van der Waals surface area contributed by atoms with Gasteiger partial charge in [0.1, 0.15) is 17.9 Å². The average molecular weight is 269 g/mol. The lowest BCUT2D eigenvalue weighted by Crippen LogP contribution is -2.36. The summed E-state index contributed by atoms with van der Waals surface area (Å²) in [5.41, 5.74) is 5.88. The topological polar surface area (TPSA) is 101 Å². The standard InChI is InChI=1S/C12H19N3O4/c1-9-7-10(8-19-9)12(16)15(5-6-18-2)4-3-11(13)14-17/h7-8,17H,3-6H2,1-2H3,(H2,13,14). The number of nitrogens with zero attached hydrogens (tertiary/aromatic N) is 2. The van der Waals surface area contributed by atoms with Crippen molar-refractivity contribution in [3.63, 3.8) is 0 Å². The third-order valence-corrected chi connectivity index (χ3v) is 2.60. The summed E-state index contributed by atoms with van der Waals surface area (Å²) in [4.78, 5) is 13.8. The molecule has 0 unspecified atom stereocenters. The first-order chi connectivity index (χ1) is 9.08. The van der Waals surface area contributed by atoms with Crippen molar-refractivity contribution in [3.05, 3.63) is 23.7 Å². The zero-order valence-electron chi connectivity index (χ0n) is 11.1. The van der Waals surface area contributed by atoms with E-state index in [-0.39, 0.29) is 11.7 Å². The van der Waals surface area contributed by atoms with E-state index in [4.69, 9.17) is 20.1 Å². The van der Waals surface area contributed by atoms with Gasteiger partial charge < -0.3 is 25.0 Å². The normalized spacial score (nSPS) is 11.6. The van der Waals surface area contributed by atoms with Gasteiger partial charge in [0.15, 0.2) is 0 Å². The van der Waals surface area contributed by atoms with Crippen LogP contribution in [0.1, 0.15) is 22.5 Å². The number of amidine groups is 1. The minimum atomic E-state index is -0.167. The van der Waals surface area contributed by atoms with Gasteiger partial charge in [-0.2, -0.15) is 0 Å². The van der Waals surface area contributed by atoms with Crippen molar-refractivity contribution in [1.29, 1.82) is 0 Å². The van der Waals surface area contributed by atoms with Gasteiger partial charge in [-0.05, 0) is 13.0 Å². The minimum Gasteiger partial charge on any atom is -0.469 e. The molecule has 1 aromatic heterocycles. The molecule has 0 aliphatic carbocycles. The van der Waals surface area contributed by atoms with Crippen molar-refractivity contribution >= 4 is 11.7 Å². The zero-order chi connectivity index (χ0) is 14.3. The highest BCUT2D eigenvalue weighted by atomic mass is 16.5. The zero-order valence-corrected chi connectivity index (χ0v) is 11.1. The van der Waals surface area contributed by atoms with E-state index >= 15 is 0 Å². The van der Waals surface area contributed by atoms with Gasteiger partial charge in [0.25, 0.3) is 5.91 Å². The van der Waals surface area contributed by atoms with E-state index in [1.807, 2.05) is 0 Å². The second kappa shape index (κ2) is 7.42. The molecule has 0 saturated heterocycles. The van der Waals surface area contributed by atoms with Crippen LogP contribution in [0.4, 0.5) is 0 Å². The summed E-state index contributed by atoms with van der Waals surface area (Å²) in [6.07, 6.45) is 1.71. The van der Waals surface area contributed by atoms with Gasteiger partial charge in [-0.25, -0.2) is 0 Å². The largest absolute Gasteiger partial charge is 0.469 e. The Balaban J connectivity index is 2.69. The highest BCUT2D eigenvalue weighted by Crippen LogP contribution is 2.10. The van der Waals surface area contributed by atoms with Crippen LogP contribution in [0.3, 0.4) is 0 Å². The summed E-state index contributed by atoms with van der Waals surface area (Å²) in [5, 5.41) is 11.4. The molecular weight excluding hydrogens is 250 g/mol. The molecule has 3 N–H and O–H groups in total. The Bertz CT molecular complexity index is 442. The fourth-order valence-corrected chi connectivity index (χ4v) is 1.55. The summed E-state index contributed by atoms with van der Waals surface area (Å²) in [6, 6.07) is 1.67. The maximum atomic E-state index is 12.2. The smallest absolute Gasteiger partial charge is 0.257 e. The van der Waals surface area contributed by atoms with E-state index in [1.165, 1.54) is 6.26 Å². The fraction of sp³-hybridized carbons (Fsp3) is 0.500. The third kappa shape index (κ3) is 4.63. The predicted octanol–water partition coefficient (Wildman–Crippen LogP) is 0.813. The van der Waals surface area contributed by atoms with Crippen molar-refractivity contribution < 1.29 is 19.2 Å². The summed E-state index contributed by atoms with van der Waals surface area (Å²) in [5.74, 6) is 0.588. The predicted molar refractivity (Wildman–Crippen MR) is 69.3 cm³/mol. The number of carbonyl (C=O) groups excluding carboxylic acids is 1. The molecule has 0 aromatic carbocycles. The number of oxime groups is 1. The van der Waals surface area contributed by atoms with Crippen molar-refractivity contribution in [2.45, 2.75) is 13.3 Å². The number of nitrogens with two attached hydrogens (primary N) is 1. The van der Waals surface area contributed by atoms with E-state index in [9.17, 15) is 4.79 Å². The molecular formula is C12H19N3O4. The van der Waals surface area contributed by atoms with Gasteiger partial charge in [0.05, 0.1) is 12.2 Å². The number of rotatable bonds is 7. The van der Waals surface area contributed by atoms with Crippen LogP contribution in [-0.2, 0) is 4.74 Å². The van der Waals surface area contributed by atoms with Crippen molar-refractivity contribution in [2.24, 2.45) is 10.9 Å². The lowest BCUT2D eigenvalue weighted by molar-refractivity contribution is 0.0700. The molecule has 106 valence electrons. The molecule has 1 aromatic rings. The maximum absolute atomic E-state index is 12.2. The fourth-order valence-electron chi connectivity index (χ4n) is 1.55. The number of methoxy groups -OCH3 is 1. The molecule has 0 saturated carbocycles. The summed E-state index contributed by atoms with van der Waals surface area (Å²) in [7, 11) is 1.56. The van der Waals surface area contributed by atoms with Gasteiger partial charge in [-0.15, -0.1) is 0 Å². The molecule has 7 nitrogen and oxygen atoms in total. The lowest BCUT2D eigenvalue weighted by atomic mass is 10.2. The van der Waals surface area contributed by atoms with Crippen LogP contribution < -0.4 is 5.73 Å². The SMILES string of the molecule is COCCN(CCC(N)=NO)C(=O)c1coc(C)c1. The molecule has 0 fully saturated rings. The molecule has 7 heteroatoms. The summed E-state index contributed by atoms with van der Waals surface area (Å²) in [6.45, 7) is 2.96. The second-order valence-electron chi connectivity index (χ2n) is 4.07. The molecule has 19 heavy (non-hydrogen) atoms. The van der Waals surface area contributed by atoms with Crippen LogP contribution in [0.2, 0.25) is 0 Å². The number of aryl methyl sites for hydroxylation is 1. The molecule has 0 bridgehead atoms. The first-order valence-electron chi connectivity index (χ1n) is 5.88. The maximum Gasteiger partial charge on any atom is 0.257 e. The van der Waals surface area contributed by atoms with E-state index < -0.39 is 0 Å². The number of hydrogen-bond donors (Lipinski definition) is 2. The quantitative estimate of drug-likeness (QED) is 0.330. The van der Waals surface area contributed by atoms with Crippen LogP contribution in [0.15, 0.2) is 21.9 Å². The van der Waals surface area contributed by atoms with Crippen LogP contribution in [-0.4, -0.2) is 48.7 Å². The monoisotopic (exact) mass is 269 g/mol. The number of amides is 1. The number of furan rings is 1. The Hall–Kier alpha value is -2.02. The molecule has 0 aliphatic heterocycles. The molecule has 1 rings (SSSR count). The van der Waals surface area contributed by atoms with E-state index in [1.54, 1.807) is 25.0 Å². The second-order valence-corrected chi connectivity index (χ2v) is 4.07. The van der Waals surface area contributed by atoms with Crippen LogP contribution >= 0.6 is 0 Å². The summed E-state index contributed by atoms with van der Waals surface area (Å²) >= 11 is 0. The molecule has 0 atom stereocenters. The lowest BCUT2D eigenvalue weighted by Gasteiger charge is -2.21. The third-order valence-electron chi connectivity index (χ3n) is 2.60. The van der Waals surface area contributed by atoms with Crippen molar-refractivity contribution in [2.75, 3.05) is 26.8 Å². The highest BCUT2D eigenvalue weighted by molar-refractivity contribution is 5.94. The average Bonchev–Trinajstić information content (AvgIpc) is 2.84. The summed E-state index contributed by atoms with van der Waals surface area (Å²) < 4.78 is 10.1. The number of carbonyl (C=O) groups is 1. The van der Waals surface area contributed by atoms with Gasteiger partial charge >= 0.3 is 0 Å².